The first-order valence-corrected chi connectivity index (χ1v) is 7.47. The van der Waals surface area contributed by atoms with Crippen LogP contribution < -0.4 is 10.1 Å². The van der Waals surface area contributed by atoms with Crippen LogP contribution in [0.5, 0.6) is 5.75 Å². The molecular formula is C17H15ClFNO4. The quantitative estimate of drug-likeness (QED) is 0.810. The fourth-order valence-electron chi connectivity index (χ4n) is 1.78. The number of ether oxygens (including phenoxy) is 2. The van der Waals surface area contributed by atoms with E-state index in [4.69, 9.17) is 21.1 Å². The molecule has 0 aliphatic carbocycles. The van der Waals surface area contributed by atoms with Gasteiger partial charge in [0.2, 0.25) is 0 Å². The van der Waals surface area contributed by atoms with E-state index in [0.717, 1.165) is 0 Å². The zero-order valence-corrected chi connectivity index (χ0v) is 13.5. The summed E-state index contributed by atoms with van der Waals surface area (Å²) >= 11 is 5.80. The van der Waals surface area contributed by atoms with E-state index in [1.807, 2.05) is 0 Å². The summed E-state index contributed by atoms with van der Waals surface area (Å²) < 4.78 is 23.6. The molecule has 0 aliphatic heterocycles. The highest BCUT2D eigenvalue weighted by Gasteiger charge is 2.19. The molecule has 0 aromatic heterocycles. The number of para-hydroxylation sites is 1. The maximum atomic E-state index is 13.5. The fourth-order valence-corrected chi connectivity index (χ4v) is 1.96. The van der Waals surface area contributed by atoms with Gasteiger partial charge in [-0.1, -0.05) is 29.8 Å². The number of hydrogen-bond donors (Lipinski definition) is 1. The number of halogens is 2. The second kappa shape index (κ2) is 8.31. The van der Waals surface area contributed by atoms with Gasteiger partial charge in [-0.15, -0.1) is 0 Å². The Labute approximate surface area is 143 Å². The van der Waals surface area contributed by atoms with Gasteiger partial charge in [0.15, 0.2) is 12.7 Å². The minimum Gasteiger partial charge on any atom is -0.482 e. The average molecular weight is 352 g/mol. The summed E-state index contributed by atoms with van der Waals surface area (Å²) in [6.07, 6.45) is -1.10. The predicted molar refractivity (Wildman–Crippen MR) is 87.5 cm³/mol. The Morgan fingerprint density at radius 1 is 1.21 bits per heavy atom. The summed E-state index contributed by atoms with van der Waals surface area (Å²) in [7, 11) is 0. The van der Waals surface area contributed by atoms with E-state index in [1.165, 1.54) is 25.1 Å². The summed E-state index contributed by atoms with van der Waals surface area (Å²) in [4.78, 5) is 23.6. The van der Waals surface area contributed by atoms with Crippen molar-refractivity contribution in [2.24, 2.45) is 0 Å². The molecule has 126 valence electrons. The molecule has 5 nitrogen and oxygen atoms in total. The molecule has 1 atom stereocenters. The second-order valence-electron chi connectivity index (χ2n) is 4.85. The van der Waals surface area contributed by atoms with Crippen LogP contribution in [0.4, 0.5) is 10.1 Å². The Balaban J connectivity index is 1.82. The number of carbonyl (C=O) groups excluding carboxylic acids is 2. The minimum absolute atomic E-state index is 0.0144. The highest BCUT2D eigenvalue weighted by molar-refractivity contribution is 6.30. The van der Waals surface area contributed by atoms with Crippen molar-refractivity contribution in [2.45, 2.75) is 13.0 Å². The molecule has 0 bridgehead atoms. The van der Waals surface area contributed by atoms with Crippen LogP contribution >= 0.6 is 11.6 Å². The summed E-state index contributed by atoms with van der Waals surface area (Å²) in [5.41, 5.74) is 0.0144. The lowest BCUT2D eigenvalue weighted by Gasteiger charge is -2.14. The molecule has 2 aromatic rings. The smallest absolute Gasteiger partial charge is 0.344 e. The molecule has 0 saturated carbocycles. The molecule has 0 heterocycles. The Morgan fingerprint density at radius 2 is 1.96 bits per heavy atom. The average Bonchev–Trinajstić information content (AvgIpc) is 2.55. The number of rotatable bonds is 6. The molecule has 0 aliphatic rings. The molecule has 0 saturated heterocycles. The summed E-state index contributed by atoms with van der Waals surface area (Å²) in [5, 5.41) is 2.82. The van der Waals surface area contributed by atoms with Crippen LogP contribution in [0.25, 0.3) is 0 Å². The minimum atomic E-state index is -1.10. The van der Waals surface area contributed by atoms with E-state index in [2.05, 4.69) is 5.32 Å². The van der Waals surface area contributed by atoms with E-state index in [-0.39, 0.29) is 12.3 Å². The molecule has 0 spiro atoms. The molecular weight excluding hydrogens is 337 g/mol. The Bertz CT molecular complexity index is 738. The highest BCUT2D eigenvalue weighted by atomic mass is 35.5. The van der Waals surface area contributed by atoms with Gasteiger partial charge in [0.1, 0.15) is 11.6 Å². The van der Waals surface area contributed by atoms with Gasteiger partial charge in [-0.05, 0) is 37.3 Å². The number of esters is 1. The number of benzene rings is 2. The predicted octanol–water partition coefficient (Wildman–Crippen LogP) is 3.43. The van der Waals surface area contributed by atoms with Crippen LogP contribution in [0, 0.1) is 5.82 Å². The highest BCUT2D eigenvalue weighted by Crippen LogP contribution is 2.17. The molecule has 2 aromatic carbocycles. The molecule has 24 heavy (non-hydrogen) atoms. The van der Waals surface area contributed by atoms with Crippen molar-refractivity contribution in [3.63, 3.8) is 0 Å². The Morgan fingerprint density at radius 3 is 2.67 bits per heavy atom. The first-order chi connectivity index (χ1) is 11.5. The van der Waals surface area contributed by atoms with Crippen LogP contribution in [0.15, 0.2) is 48.5 Å². The molecule has 1 N–H and O–H groups in total. The van der Waals surface area contributed by atoms with Crippen LogP contribution in [-0.4, -0.2) is 24.6 Å². The Hall–Kier alpha value is -2.60. The van der Waals surface area contributed by atoms with E-state index in [9.17, 15) is 14.0 Å². The van der Waals surface area contributed by atoms with Crippen LogP contribution in [-0.2, 0) is 14.3 Å². The molecule has 2 rings (SSSR count). The Kier molecular flexibility index (Phi) is 6.14. The summed E-state index contributed by atoms with van der Waals surface area (Å²) in [6, 6.07) is 12.2. The maximum absolute atomic E-state index is 13.5. The van der Waals surface area contributed by atoms with Crippen molar-refractivity contribution >= 4 is 29.2 Å². The van der Waals surface area contributed by atoms with Crippen LogP contribution in [0.2, 0.25) is 5.02 Å². The molecule has 0 fully saturated rings. The topological polar surface area (TPSA) is 64.6 Å². The molecule has 1 amide bonds. The van der Waals surface area contributed by atoms with E-state index in [0.29, 0.717) is 10.8 Å². The number of nitrogens with one attached hydrogen (secondary N) is 1. The van der Waals surface area contributed by atoms with Gasteiger partial charge in [0.05, 0.1) is 5.69 Å². The number of anilines is 1. The third kappa shape index (κ3) is 5.24. The normalized spacial score (nSPS) is 11.5. The molecule has 0 radical (unpaired) electrons. The molecule has 1 unspecified atom stereocenters. The van der Waals surface area contributed by atoms with Crippen molar-refractivity contribution < 1.29 is 23.5 Å². The van der Waals surface area contributed by atoms with Crippen molar-refractivity contribution in [3.8, 4) is 5.75 Å². The van der Waals surface area contributed by atoms with Crippen molar-refractivity contribution in [3.05, 3.63) is 59.4 Å². The lowest BCUT2D eigenvalue weighted by atomic mass is 10.3. The van der Waals surface area contributed by atoms with Gasteiger partial charge < -0.3 is 14.8 Å². The fraction of sp³-hybridized carbons (Fsp3) is 0.176. The standard InChI is InChI=1S/C17H15ClFNO4/c1-11(17(22)20-15-8-3-2-7-14(15)19)24-16(21)10-23-13-6-4-5-12(18)9-13/h2-9,11H,10H2,1H3,(H,20,22). The first-order valence-electron chi connectivity index (χ1n) is 7.09. The monoisotopic (exact) mass is 351 g/mol. The summed E-state index contributed by atoms with van der Waals surface area (Å²) in [5.74, 6) is -1.54. The van der Waals surface area contributed by atoms with Crippen molar-refractivity contribution in [1.82, 2.24) is 0 Å². The van der Waals surface area contributed by atoms with E-state index < -0.39 is 23.8 Å². The third-order valence-electron chi connectivity index (χ3n) is 2.96. The first kappa shape index (κ1) is 17.7. The van der Waals surface area contributed by atoms with Gasteiger partial charge in [0, 0.05) is 5.02 Å². The van der Waals surface area contributed by atoms with Crippen molar-refractivity contribution in [1.29, 1.82) is 0 Å². The van der Waals surface area contributed by atoms with Crippen molar-refractivity contribution in [2.75, 3.05) is 11.9 Å². The largest absolute Gasteiger partial charge is 0.482 e. The number of carbonyl (C=O) groups is 2. The second-order valence-corrected chi connectivity index (χ2v) is 5.28. The molecule has 7 heteroatoms. The zero-order chi connectivity index (χ0) is 17.5. The number of hydrogen-bond acceptors (Lipinski definition) is 4. The number of amides is 1. The van der Waals surface area contributed by atoms with Gasteiger partial charge in [-0.25, -0.2) is 9.18 Å². The van der Waals surface area contributed by atoms with Crippen LogP contribution in [0.3, 0.4) is 0 Å². The van der Waals surface area contributed by atoms with Gasteiger partial charge in [0.25, 0.3) is 5.91 Å². The van der Waals surface area contributed by atoms with Gasteiger partial charge in [-0.2, -0.15) is 0 Å². The lowest BCUT2D eigenvalue weighted by molar-refractivity contribution is -0.155. The van der Waals surface area contributed by atoms with E-state index in [1.54, 1.807) is 30.3 Å². The third-order valence-corrected chi connectivity index (χ3v) is 3.20. The van der Waals surface area contributed by atoms with Crippen LogP contribution in [0.1, 0.15) is 6.92 Å². The van der Waals surface area contributed by atoms with Gasteiger partial charge in [-0.3, -0.25) is 4.79 Å². The van der Waals surface area contributed by atoms with Gasteiger partial charge >= 0.3 is 5.97 Å². The zero-order valence-electron chi connectivity index (χ0n) is 12.8. The maximum Gasteiger partial charge on any atom is 0.344 e. The van der Waals surface area contributed by atoms with E-state index >= 15 is 0 Å². The SMILES string of the molecule is CC(OC(=O)COc1cccc(Cl)c1)C(=O)Nc1ccccc1F. The summed E-state index contributed by atoms with van der Waals surface area (Å²) in [6.45, 7) is 1.01. The lowest BCUT2D eigenvalue weighted by Crippen LogP contribution is -2.31.